The first-order valence-corrected chi connectivity index (χ1v) is 19.8. The molecule has 1 saturated carbocycles. The molecular weight excluding hydrogens is 680 g/mol. The van der Waals surface area contributed by atoms with E-state index >= 15 is 0 Å². The Morgan fingerprint density at radius 1 is 0.846 bits per heavy atom. The summed E-state index contributed by atoms with van der Waals surface area (Å²) in [5, 5.41) is 3.07. The Hall–Kier alpha value is -3.79. The molecule has 52 heavy (non-hydrogen) atoms. The fourth-order valence-corrected chi connectivity index (χ4v) is 6.84. The number of ether oxygens (including phenoxy) is 2. The molecule has 10 nitrogen and oxygen atoms in total. The summed E-state index contributed by atoms with van der Waals surface area (Å²) in [5.41, 5.74) is 0.936. The van der Waals surface area contributed by atoms with Crippen molar-refractivity contribution in [3.8, 4) is 0 Å². The molecule has 0 saturated heterocycles. The van der Waals surface area contributed by atoms with Crippen molar-refractivity contribution in [1.29, 1.82) is 0 Å². The normalized spacial score (nSPS) is 13.9. The third-order valence-electron chi connectivity index (χ3n) is 10.3. The molecule has 1 fully saturated rings. The van der Waals surface area contributed by atoms with Gasteiger partial charge in [-0.25, -0.2) is 19.6 Å². The van der Waals surface area contributed by atoms with Gasteiger partial charge in [-0.05, 0) is 63.3 Å². The molecule has 1 unspecified atom stereocenters. The summed E-state index contributed by atoms with van der Waals surface area (Å²) >= 11 is 6.51. The molecule has 0 aliphatic heterocycles. The molecule has 1 amide bonds. The smallest absolute Gasteiger partial charge is 0.340 e. The van der Waals surface area contributed by atoms with Gasteiger partial charge in [0.15, 0.2) is 11.4 Å². The van der Waals surface area contributed by atoms with Crippen LogP contribution in [0.4, 0.5) is 5.69 Å². The molecule has 4 rings (SSSR count). The van der Waals surface area contributed by atoms with Crippen molar-refractivity contribution in [2.75, 3.05) is 18.5 Å². The first kappa shape index (κ1) is 41.0. The highest BCUT2D eigenvalue weighted by Gasteiger charge is 2.52. The van der Waals surface area contributed by atoms with Gasteiger partial charge in [0, 0.05) is 18.2 Å². The van der Waals surface area contributed by atoms with Gasteiger partial charge in [0.2, 0.25) is 5.91 Å². The van der Waals surface area contributed by atoms with Gasteiger partial charge in [-0.3, -0.25) is 9.59 Å². The molecule has 3 aromatic rings. The second-order valence-electron chi connectivity index (χ2n) is 14.2. The van der Waals surface area contributed by atoms with Gasteiger partial charge in [-0.1, -0.05) is 103 Å². The number of imidazole rings is 1. The van der Waals surface area contributed by atoms with Crippen molar-refractivity contribution in [2.45, 2.75) is 137 Å². The third-order valence-corrected chi connectivity index (χ3v) is 10.6. The van der Waals surface area contributed by atoms with Crippen LogP contribution < -0.4 is 5.32 Å². The number of aromatic nitrogens is 3. The van der Waals surface area contributed by atoms with Crippen molar-refractivity contribution in [3.63, 3.8) is 0 Å². The summed E-state index contributed by atoms with van der Waals surface area (Å²) in [7, 11) is 0. The average molecular weight is 737 g/mol. The molecule has 1 aliphatic carbocycles. The number of nitrogens with one attached hydrogen (secondary N) is 1. The van der Waals surface area contributed by atoms with Crippen LogP contribution >= 0.6 is 11.6 Å². The molecule has 1 aliphatic rings. The zero-order valence-corrected chi connectivity index (χ0v) is 32.3. The number of aryl methyl sites for hydroxylation is 1. The van der Waals surface area contributed by atoms with Crippen molar-refractivity contribution >= 4 is 52.1 Å². The van der Waals surface area contributed by atoms with E-state index in [1.165, 1.54) is 57.2 Å². The number of hydrogen-bond donors (Lipinski definition) is 1. The highest BCUT2D eigenvalue weighted by atomic mass is 35.5. The molecule has 284 valence electrons. The maximum absolute atomic E-state index is 14.1. The van der Waals surface area contributed by atoms with E-state index < -0.39 is 29.2 Å². The first-order valence-electron chi connectivity index (χ1n) is 19.5. The van der Waals surface area contributed by atoms with E-state index in [1.807, 2.05) is 6.92 Å². The van der Waals surface area contributed by atoms with Crippen LogP contribution in [-0.2, 0) is 25.6 Å². The summed E-state index contributed by atoms with van der Waals surface area (Å²) in [6, 6.07) is 6.17. The highest BCUT2D eigenvalue weighted by molar-refractivity contribution is 6.34. The maximum Gasteiger partial charge on any atom is 0.340 e. The summed E-state index contributed by atoms with van der Waals surface area (Å²) in [6.07, 6.45) is 18.2. The summed E-state index contributed by atoms with van der Waals surface area (Å²) < 4.78 is 12.7. The highest BCUT2D eigenvalue weighted by Crippen LogP contribution is 2.51. The maximum atomic E-state index is 14.1. The second-order valence-corrected chi connectivity index (χ2v) is 14.6. The van der Waals surface area contributed by atoms with Crippen molar-refractivity contribution in [3.05, 3.63) is 52.4 Å². The van der Waals surface area contributed by atoms with Crippen LogP contribution in [0.3, 0.4) is 0 Å². The monoisotopic (exact) mass is 736 g/mol. The zero-order chi connectivity index (χ0) is 37.5. The minimum atomic E-state index is -1.10. The number of unbranched alkanes of at least 4 members (excludes halogenated alkanes) is 11. The molecule has 2 aromatic heterocycles. The molecule has 0 bridgehead atoms. The van der Waals surface area contributed by atoms with Gasteiger partial charge in [-0.2, -0.15) is 0 Å². The van der Waals surface area contributed by atoms with Gasteiger partial charge in [0.05, 0.1) is 35.1 Å². The number of benzene rings is 1. The number of anilines is 1. The molecule has 1 aromatic carbocycles. The standard InChI is InChI=1S/C41H57ClN4O6/c1-5-8-10-11-12-13-14-15-16-18-26-51-39(49)30-19-20-33(42)34(27-30)45-38(48)32(36(47)41(7-3)22-23-41)28-46-29(4)44-35-31(21-24-43-37(35)46)40(50)52-25-17-9-6-2/h19-21,24,27,32H,5-18,22-23,25-26,28H2,1-4H3,(H,45,48). The molecular formula is C41H57ClN4O6. The Morgan fingerprint density at radius 3 is 2.08 bits per heavy atom. The van der Waals surface area contributed by atoms with Crippen LogP contribution in [0, 0.1) is 18.3 Å². The lowest BCUT2D eigenvalue weighted by Gasteiger charge is -2.22. The van der Waals surface area contributed by atoms with E-state index in [-0.39, 0.29) is 34.2 Å². The zero-order valence-electron chi connectivity index (χ0n) is 31.6. The van der Waals surface area contributed by atoms with Crippen molar-refractivity contribution < 1.29 is 28.7 Å². The Bertz CT molecular complexity index is 1670. The lowest BCUT2D eigenvalue weighted by atomic mass is 9.87. The number of fused-ring (bicyclic) bond motifs is 1. The first-order chi connectivity index (χ1) is 25.2. The van der Waals surface area contributed by atoms with E-state index in [4.69, 9.17) is 21.1 Å². The van der Waals surface area contributed by atoms with Gasteiger partial charge in [-0.15, -0.1) is 0 Å². The van der Waals surface area contributed by atoms with E-state index in [1.54, 1.807) is 29.7 Å². The number of pyridine rings is 1. The number of rotatable bonds is 24. The summed E-state index contributed by atoms with van der Waals surface area (Å²) in [5.74, 6) is -2.29. The lowest BCUT2D eigenvalue weighted by Crippen LogP contribution is -2.38. The molecule has 11 heteroatoms. The number of ketones is 1. The second kappa shape index (κ2) is 20.5. The van der Waals surface area contributed by atoms with Crippen LogP contribution in [0.5, 0.6) is 0 Å². The van der Waals surface area contributed by atoms with Crippen molar-refractivity contribution in [1.82, 2.24) is 14.5 Å². The van der Waals surface area contributed by atoms with Gasteiger partial charge < -0.3 is 19.4 Å². The molecule has 0 radical (unpaired) electrons. The van der Waals surface area contributed by atoms with Crippen LogP contribution in [0.2, 0.25) is 5.02 Å². The van der Waals surface area contributed by atoms with Gasteiger partial charge >= 0.3 is 11.9 Å². The van der Waals surface area contributed by atoms with Crippen LogP contribution in [0.1, 0.15) is 150 Å². The lowest BCUT2D eigenvalue weighted by molar-refractivity contribution is -0.135. The molecule has 0 spiro atoms. The van der Waals surface area contributed by atoms with E-state index in [0.29, 0.717) is 49.5 Å². The average Bonchev–Trinajstić information content (AvgIpc) is 3.88. The minimum absolute atomic E-state index is 0.0328. The number of hydrogen-bond acceptors (Lipinski definition) is 8. The number of amides is 1. The molecule has 1 N–H and O–H groups in total. The third kappa shape index (κ3) is 11.1. The number of carbonyl (C=O) groups excluding carboxylic acids is 4. The number of Topliss-reactive ketones (excluding diaryl/α,β-unsaturated/α-hetero) is 1. The Kier molecular flexibility index (Phi) is 16.1. The van der Waals surface area contributed by atoms with Crippen LogP contribution in [0.15, 0.2) is 30.5 Å². The largest absolute Gasteiger partial charge is 0.462 e. The summed E-state index contributed by atoms with van der Waals surface area (Å²) in [6.45, 7) is 8.62. The predicted molar refractivity (Wildman–Crippen MR) is 205 cm³/mol. The van der Waals surface area contributed by atoms with E-state index in [2.05, 4.69) is 29.1 Å². The predicted octanol–water partition coefficient (Wildman–Crippen LogP) is 9.83. The van der Waals surface area contributed by atoms with Crippen molar-refractivity contribution in [2.24, 2.45) is 11.3 Å². The molecule has 1 atom stereocenters. The Morgan fingerprint density at radius 2 is 1.44 bits per heavy atom. The number of halogens is 1. The van der Waals surface area contributed by atoms with Crippen LogP contribution in [-0.4, -0.2) is 51.4 Å². The van der Waals surface area contributed by atoms with Gasteiger partial charge in [0.25, 0.3) is 0 Å². The fourth-order valence-electron chi connectivity index (χ4n) is 6.67. The van der Waals surface area contributed by atoms with E-state index in [9.17, 15) is 19.2 Å². The van der Waals surface area contributed by atoms with E-state index in [0.717, 1.165) is 38.5 Å². The Balaban J connectivity index is 1.43. The number of nitrogens with zero attached hydrogens (tertiary/aromatic N) is 3. The van der Waals surface area contributed by atoms with Gasteiger partial charge in [0.1, 0.15) is 17.3 Å². The van der Waals surface area contributed by atoms with Crippen LogP contribution in [0.25, 0.3) is 11.2 Å². The quantitative estimate of drug-likeness (QED) is 0.0547. The number of esters is 2. The SMILES string of the molecule is CCCCCCCCCCCCOC(=O)c1ccc(Cl)c(NC(=O)C(Cn2c(C)nc3c(C(=O)OCCCCC)ccnc32)C(=O)C2(CC)CC2)c1. The minimum Gasteiger partial charge on any atom is -0.462 e. The Labute approximate surface area is 313 Å². The topological polar surface area (TPSA) is 129 Å². The molecule has 2 heterocycles. The summed E-state index contributed by atoms with van der Waals surface area (Å²) in [4.78, 5) is 63.1. The fraction of sp³-hybridized carbons (Fsp3) is 0.610. The number of carbonyl (C=O) groups is 4.